The lowest BCUT2D eigenvalue weighted by atomic mass is 9.99. The maximum absolute atomic E-state index is 12.2. The van der Waals surface area contributed by atoms with E-state index in [2.05, 4.69) is 10.2 Å². The van der Waals surface area contributed by atoms with Crippen molar-refractivity contribution in [3.8, 4) is 0 Å². The minimum Gasteiger partial charge on any atom is -0.352 e. The molecule has 2 saturated carbocycles. The van der Waals surface area contributed by atoms with E-state index in [9.17, 15) is 4.79 Å². The van der Waals surface area contributed by atoms with Crippen molar-refractivity contribution in [2.24, 2.45) is 17.6 Å². The predicted molar refractivity (Wildman–Crippen MR) is 80.3 cm³/mol. The van der Waals surface area contributed by atoms with Crippen LogP contribution in [0.1, 0.15) is 51.4 Å². The van der Waals surface area contributed by atoms with Crippen LogP contribution in [0.25, 0.3) is 0 Å². The lowest BCUT2D eigenvalue weighted by Gasteiger charge is -2.20. The Hall–Kier alpha value is -0.610. The molecule has 3 fully saturated rings. The molecule has 3 aliphatic rings. The number of carbonyl (C=O) groups is 1. The van der Waals surface area contributed by atoms with Crippen LogP contribution in [0.3, 0.4) is 0 Å². The van der Waals surface area contributed by atoms with Gasteiger partial charge in [-0.2, -0.15) is 0 Å². The SMILES string of the molecule is N[C@H]1CN(CC(=O)NC2CCCCCC2)C[C@@H]1C1CC1. The first-order chi connectivity index (χ1) is 9.72. The van der Waals surface area contributed by atoms with Gasteiger partial charge in [0.05, 0.1) is 6.54 Å². The Bertz CT molecular complexity index is 335. The third-order valence-corrected chi connectivity index (χ3v) is 5.30. The third kappa shape index (κ3) is 3.73. The van der Waals surface area contributed by atoms with Crippen LogP contribution in [0.4, 0.5) is 0 Å². The number of nitrogens with one attached hydrogen (secondary N) is 1. The smallest absolute Gasteiger partial charge is 0.234 e. The second-order valence-corrected chi connectivity index (χ2v) is 7.12. The summed E-state index contributed by atoms with van der Waals surface area (Å²) in [7, 11) is 0. The number of likely N-dealkylation sites (tertiary alicyclic amines) is 1. The second-order valence-electron chi connectivity index (χ2n) is 7.12. The van der Waals surface area contributed by atoms with Gasteiger partial charge in [0, 0.05) is 25.2 Å². The number of rotatable bonds is 4. The molecule has 2 atom stereocenters. The molecule has 0 aromatic carbocycles. The van der Waals surface area contributed by atoms with Gasteiger partial charge in [0.2, 0.25) is 5.91 Å². The van der Waals surface area contributed by atoms with E-state index < -0.39 is 0 Å². The van der Waals surface area contributed by atoms with Gasteiger partial charge in [0.1, 0.15) is 0 Å². The van der Waals surface area contributed by atoms with Crippen LogP contribution in [0.2, 0.25) is 0 Å². The van der Waals surface area contributed by atoms with Crippen LogP contribution in [0.5, 0.6) is 0 Å². The molecule has 4 nitrogen and oxygen atoms in total. The van der Waals surface area contributed by atoms with Crippen molar-refractivity contribution in [3.63, 3.8) is 0 Å². The minimum atomic E-state index is 0.209. The largest absolute Gasteiger partial charge is 0.352 e. The molecule has 0 bridgehead atoms. The lowest BCUT2D eigenvalue weighted by Crippen LogP contribution is -2.41. The van der Waals surface area contributed by atoms with Crippen LogP contribution < -0.4 is 11.1 Å². The van der Waals surface area contributed by atoms with Crippen LogP contribution in [-0.2, 0) is 4.79 Å². The Kier molecular flexibility index (Phi) is 4.61. The lowest BCUT2D eigenvalue weighted by molar-refractivity contribution is -0.122. The van der Waals surface area contributed by atoms with Gasteiger partial charge in [-0.15, -0.1) is 0 Å². The van der Waals surface area contributed by atoms with Crippen molar-refractivity contribution in [1.82, 2.24) is 10.2 Å². The third-order valence-electron chi connectivity index (χ3n) is 5.30. The molecule has 1 amide bonds. The van der Waals surface area contributed by atoms with Gasteiger partial charge in [-0.05, 0) is 37.5 Å². The molecule has 4 heteroatoms. The van der Waals surface area contributed by atoms with Gasteiger partial charge in [-0.3, -0.25) is 9.69 Å². The highest BCUT2D eigenvalue weighted by Crippen LogP contribution is 2.40. The van der Waals surface area contributed by atoms with E-state index in [0.717, 1.165) is 31.8 Å². The Balaban J connectivity index is 1.42. The van der Waals surface area contributed by atoms with Gasteiger partial charge < -0.3 is 11.1 Å². The fraction of sp³-hybridized carbons (Fsp3) is 0.938. The molecule has 2 aliphatic carbocycles. The first-order valence-electron chi connectivity index (χ1n) is 8.49. The van der Waals surface area contributed by atoms with E-state index >= 15 is 0 Å². The average molecular weight is 279 g/mol. The Labute approximate surface area is 122 Å². The summed E-state index contributed by atoms with van der Waals surface area (Å²) in [4.78, 5) is 14.4. The van der Waals surface area contributed by atoms with Crippen molar-refractivity contribution >= 4 is 5.91 Å². The van der Waals surface area contributed by atoms with Gasteiger partial charge in [-0.1, -0.05) is 25.7 Å². The summed E-state index contributed by atoms with van der Waals surface area (Å²) in [5, 5.41) is 3.24. The number of hydrogen-bond donors (Lipinski definition) is 2. The summed E-state index contributed by atoms with van der Waals surface area (Å²) in [5.41, 5.74) is 6.22. The Morgan fingerprint density at radius 2 is 1.75 bits per heavy atom. The van der Waals surface area contributed by atoms with E-state index in [4.69, 9.17) is 5.73 Å². The van der Waals surface area contributed by atoms with Crippen LogP contribution >= 0.6 is 0 Å². The standard InChI is InChI=1S/C16H29N3O/c17-15-10-19(9-14(15)12-7-8-12)11-16(20)18-13-5-3-1-2-4-6-13/h12-15H,1-11,17H2,(H,18,20)/t14-,15+/m1/s1. The molecule has 0 radical (unpaired) electrons. The second kappa shape index (κ2) is 6.44. The van der Waals surface area contributed by atoms with Gasteiger partial charge in [0.15, 0.2) is 0 Å². The highest BCUT2D eigenvalue weighted by molar-refractivity contribution is 5.78. The zero-order chi connectivity index (χ0) is 13.9. The molecule has 20 heavy (non-hydrogen) atoms. The van der Waals surface area contributed by atoms with Crippen molar-refractivity contribution in [3.05, 3.63) is 0 Å². The van der Waals surface area contributed by atoms with E-state index in [0.29, 0.717) is 18.5 Å². The van der Waals surface area contributed by atoms with E-state index in [1.54, 1.807) is 0 Å². The summed E-state index contributed by atoms with van der Waals surface area (Å²) in [6.45, 7) is 2.48. The van der Waals surface area contributed by atoms with Crippen molar-refractivity contribution in [2.75, 3.05) is 19.6 Å². The highest BCUT2D eigenvalue weighted by Gasteiger charge is 2.41. The average Bonchev–Trinajstić information content (AvgIpc) is 3.19. The van der Waals surface area contributed by atoms with Crippen LogP contribution in [0.15, 0.2) is 0 Å². The summed E-state index contributed by atoms with van der Waals surface area (Å²) >= 11 is 0. The molecule has 3 N–H and O–H groups in total. The van der Waals surface area contributed by atoms with Crippen molar-refractivity contribution in [1.29, 1.82) is 0 Å². The molecule has 1 aliphatic heterocycles. The maximum Gasteiger partial charge on any atom is 0.234 e. The van der Waals surface area contributed by atoms with Crippen LogP contribution in [0, 0.1) is 11.8 Å². The summed E-state index contributed by atoms with van der Waals surface area (Å²) < 4.78 is 0. The minimum absolute atomic E-state index is 0.209. The molecule has 114 valence electrons. The topological polar surface area (TPSA) is 58.4 Å². The molecule has 0 aromatic rings. The van der Waals surface area contributed by atoms with Crippen LogP contribution in [-0.4, -0.2) is 42.5 Å². The molecule has 3 rings (SSSR count). The maximum atomic E-state index is 12.2. The van der Waals surface area contributed by atoms with E-state index in [-0.39, 0.29) is 11.9 Å². The van der Waals surface area contributed by atoms with Gasteiger partial charge >= 0.3 is 0 Å². The molecule has 0 aromatic heterocycles. The number of carbonyl (C=O) groups excluding carboxylic acids is 1. The first kappa shape index (κ1) is 14.3. The fourth-order valence-corrected chi connectivity index (χ4v) is 3.99. The molecule has 0 unspecified atom stereocenters. The number of amides is 1. The molecular weight excluding hydrogens is 250 g/mol. The zero-order valence-electron chi connectivity index (χ0n) is 12.5. The quantitative estimate of drug-likeness (QED) is 0.767. The molecule has 1 heterocycles. The normalized spacial score (nSPS) is 33.0. The van der Waals surface area contributed by atoms with E-state index in [1.165, 1.54) is 38.5 Å². The summed E-state index contributed by atoms with van der Waals surface area (Å²) in [5.74, 6) is 1.70. The summed E-state index contributed by atoms with van der Waals surface area (Å²) in [6, 6.07) is 0.702. The first-order valence-corrected chi connectivity index (χ1v) is 8.49. The summed E-state index contributed by atoms with van der Waals surface area (Å²) in [6.07, 6.45) is 10.2. The van der Waals surface area contributed by atoms with Gasteiger partial charge in [-0.25, -0.2) is 0 Å². The predicted octanol–water partition coefficient (Wildman–Crippen LogP) is 1.49. The number of nitrogens with two attached hydrogens (primary N) is 1. The number of hydrogen-bond acceptors (Lipinski definition) is 3. The highest BCUT2D eigenvalue weighted by atomic mass is 16.2. The van der Waals surface area contributed by atoms with Crippen molar-refractivity contribution < 1.29 is 4.79 Å². The Morgan fingerprint density at radius 3 is 2.40 bits per heavy atom. The molecule has 0 spiro atoms. The van der Waals surface area contributed by atoms with E-state index in [1.807, 2.05) is 0 Å². The van der Waals surface area contributed by atoms with Gasteiger partial charge in [0.25, 0.3) is 0 Å². The zero-order valence-corrected chi connectivity index (χ0v) is 12.5. The fourth-order valence-electron chi connectivity index (χ4n) is 3.99. The molecule has 1 saturated heterocycles. The molecular formula is C16H29N3O. The Morgan fingerprint density at radius 1 is 1.05 bits per heavy atom. The van der Waals surface area contributed by atoms with Crippen molar-refractivity contribution in [2.45, 2.75) is 63.5 Å². The number of nitrogens with zero attached hydrogens (tertiary/aromatic N) is 1. The monoisotopic (exact) mass is 279 g/mol.